The quantitative estimate of drug-likeness (QED) is 0.835. The first-order chi connectivity index (χ1) is 7.77. The molecule has 0 unspecified atom stereocenters. The largest absolute Gasteiger partial charge is 0.351 e. The van der Waals surface area contributed by atoms with Crippen LogP contribution in [0.2, 0.25) is 0 Å². The van der Waals surface area contributed by atoms with Gasteiger partial charge in [-0.05, 0) is 23.4 Å². The Bertz CT molecular complexity index is 330. The number of hydrogen-bond acceptors (Lipinski definition) is 3. The Hall–Kier alpha value is -0.710. The SMILES string of the molecule is CCSCc1ccc(C(=O)NCCN)cc1.Cl. The first-order valence-electron chi connectivity index (χ1n) is 5.43. The van der Waals surface area contributed by atoms with Gasteiger partial charge < -0.3 is 11.1 Å². The van der Waals surface area contributed by atoms with Crippen LogP contribution in [0.4, 0.5) is 0 Å². The summed E-state index contributed by atoms with van der Waals surface area (Å²) in [6, 6.07) is 7.72. The van der Waals surface area contributed by atoms with Gasteiger partial charge >= 0.3 is 0 Å². The lowest BCUT2D eigenvalue weighted by molar-refractivity contribution is 0.0955. The first-order valence-corrected chi connectivity index (χ1v) is 6.58. The molecule has 0 spiro atoms. The molecule has 0 fully saturated rings. The molecule has 0 saturated heterocycles. The van der Waals surface area contributed by atoms with Crippen LogP contribution in [0.5, 0.6) is 0 Å². The summed E-state index contributed by atoms with van der Waals surface area (Å²) in [5.41, 5.74) is 7.26. The second kappa shape index (κ2) is 9.33. The molecule has 0 saturated carbocycles. The van der Waals surface area contributed by atoms with Gasteiger partial charge in [0, 0.05) is 24.4 Å². The number of nitrogens with two attached hydrogens (primary N) is 1. The molecule has 0 bridgehead atoms. The van der Waals surface area contributed by atoms with E-state index in [1.165, 1.54) is 5.56 Å². The molecule has 0 aliphatic carbocycles. The van der Waals surface area contributed by atoms with Gasteiger partial charge in [-0.25, -0.2) is 0 Å². The van der Waals surface area contributed by atoms with Gasteiger partial charge in [-0.1, -0.05) is 19.1 Å². The smallest absolute Gasteiger partial charge is 0.251 e. The molecule has 0 atom stereocenters. The second-order valence-electron chi connectivity index (χ2n) is 3.38. The number of benzene rings is 1. The number of hydrogen-bond donors (Lipinski definition) is 2. The lowest BCUT2D eigenvalue weighted by Gasteiger charge is -2.04. The Labute approximate surface area is 113 Å². The Morgan fingerprint density at radius 2 is 2.00 bits per heavy atom. The van der Waals surface area contributed by atoms with Gasteiger partial charge in [0.2, 0.25) is 0 Å². The van der Waals surface area contributed by atoms with E-state index in [4.69, 9.17) is 5.73 Å². The Balaban J connectivity index is 0.00000256. The van der Waals surface area contributed by atoms with Crippen molar-refractivity contribution in [2.24, 2.45) is 5.73 Å². The summed E-state index contributed by atoms with van der Waals surface area (Å²) in [6.07, 6.45) is 0. The van der Waals surface area contributed by atoms with Crippen LogP contribution in [0.25, 0.3) is 0 Å². The minimum atomic E-state index is -0.0554. The molecule has 1 amide bonds. The van der Waals surface area contributed by atoms with Gasteiger partial charge in [-0.2, -0.15) is 11.8 Å². The van der Waals surface area contributed by atoms with Crippen molar-refractivity contribution >= 4 is 30.1 Å². The highest BCUT2D eigenvalue weighted by atomic mass is 35.5. The van der Waals surface area contributed by atoms with Crippen molar-refractivity contribution in [2.45, 2.75) is 12.7 Å². The Morgan fingerprint density at radius 1 is 1.35 bits per heavy atom. The summed E-state index contributed by atoms with van der Waals surface area (Å²) in [6.45, 7) is 3.13. The number of carbonyl (C=O) groups excluding carboxylic acids is 1. The van der Waals surface area contributed by atoms with Crippen molar-refractivity contribution in [3.05, 3.63) is 35.4 Å². The zero-order valence-electron chi connectivity index (χ0n) is 9.94. The van der Waals surface area contributed by atoms with Crippen LogP contribution in [0.3, 0.4) is 0 Å². The summed E-state index contributed by atoms with van der Waals surface area (Å²) in [4.78, 5) is 11.6. The van der Waals surface area contributed by atoms with Crippen molar-refractivity contribution in [1.82, 2.24) is 5.32 Å². The summed E-state index contributed by atoms with van der Waals surface area (Å²) < 4.78 is 0. The van der Waals surface area contributed by atoms with E-state index in [9.17, 15) is 4.79 Å². The fraction of sp³-hybridized carbons (Fsp3) is 0.417. The average Bonchev–Trinajstić information content (AvgIpc) is 2.34. The van der Waals surface area contributed by atoms with Crippen molar-refractivity contribution < 1.29 is 4.79 Å². The highest BCUT2D eigenvalue weighted by molar-refractivity contribution is 7.98. The fourth-order valence-electron chi connectivity index (χ4n) is 1.26. The highest BCUT2D eigenvalue weighted by Gasteiger charge is 2.03. The van der Waals surface area contributed by atoms with Gasteiger partial charge in [0.25, 0.3) is 5.91 Å². The third kappa shape index (κ3) is 5.96. The van der Waals surface area contributed by atoms with E-state index in [1.807, 2.05) is 36.0 Å². The lowest BCUT2D eigenvalue weighted by Crippen LogP contribution is -2.28. The maximum atomic E-state index is 11.6. The number of nitrogens with one attached hydrogen (secondary N) is 1. The number of amides is 1. The molecule has 3 N–H and O–H groups in total. The lowest BCUT2D eigenvalue weighted by atomic mass is 10.1. The maximum absolute atomic E-state index is 11.6. The molecular weight excluding hydrogens is 256 g/mol. The first kappa shape index (κ1) is 16.3. The molecule has 0 aliphatic rings. The topological polar surface area (TPSA) is 55.1 Å². The standard InChI is InChI=1S/C12H18N2OS.ClH/c1-2-16-9-10-3-5-11(6-4-10)12(15)14-8-7-13;/h3-6H,2,7-9,13H2,1H3,(H,14,15);1H. The van der Waals surface area contributed by atoms with Crippen LogP contribution in [0, 0.1) is 0 Å². The minimum absolute atomic E-state index is 0. The van der Waals surface area contributed by atoms with Gasteiger partial charge in [0.1, 0.15) is 0 Å². The van der Waals surface area contributed by atoms with E-state index in [1.54, 1.807) is 0 Å². The number of rotatable bonds is 6. The predicted octanol–water partition coefficient (Wildman–Crippen LogP) is 2.05. The fourth-order valence-corrected chi connectivity index (χ4v) is 1.89. The van der Waals surface area contributed by atoms with Gasteiger partial charge in [0.05, 0.1) is 0 Å². The molecule has 1 aromatic rings. The predicted molar refractivity (Wildman–Crippen MR) is 76.9 cm³/mol. The number of halogens is 1. The monoisotopic (exact) mass is 274 g/mol. The molecule has 96 valence electrons. The van der Waals surface area contributed by atoms with Crippen LogP contribution in [-0.4, -0.2) is 24.7 Å². The highest BCUT2D eigenvalue weighted by Crippen LogP contribution is 2.12. The second-order valence-corrected chi connectivity index (χ2v) is 4.65. The average molecular weight is 275 g/mol. The van der Waals surface area contributed by atoms with Crippen molar-refractivity contribution in [2.75, 3.05) is 18.8 Å². The van der Waals surface area contributed by atoms with Gasteiger partial charge in [-0.3, -0.25) is 4.79 Å². The van der Waals surface area contributed by atoms with E-state index in [-0.39, 0.29) is 18.3 Å². The van der Waals surface area contributed by atoms with Crippen molar-refractivity contribution in [3.63, 3.8) is 0 Å². The molecule has 0 aliphatic heterocycles. The van der Waals surface area contributed by atoms with E-state index in [0.29, 0.717) is 18.7 Å². The van der Waals surface area contributed by atoms with Crippen molar-refractivity contribution in [1.29, 1.82) is 0 Å². The van der Waals surface area contributed by atoms with Crippen LogP contribution in [0.15, 0.2) is 24.3 Å². The Kier molecular flexibility index (Phi) is 8.94. The molecule has 3 nitrogen and oxygen atoms in total. The number of carbonyl (C=O) groups is 1. The van der Waals surface area contributed by atoms with Gasteiger partial charge in [0.15, 0.2) is 0 Å². The van der Waals surface area contributed by atoms with E-state index in [2.05, 4.69) is 12.2 Å². The normalized spacial score (nSPS) is 9.53. The summed E-state index contributed by atoms with van der Waals surface area (Å²) in [5.74, 6) is 2.06. The van der Waals surface area contributed by atoms with Crippen LogP contribution >= 0.6 is 24.2 Å². The molecule has 17 heavy (non-hydrogen) atoms. The maximum Gasteiger partial charge on any atom is 0.251 e. The molecule has 0 aromatic heterocycles. The van der Waals surface area contributed by atoms with E-state index in [0.717, 1.165) is 11.5 Å². The number of thioether (sulfide) groups is 1. The zero-order valence-corrected chi connectivity index (χ0v) is 11.6. The molecule has 5 heteroatoms. The van der Waals surface area contributed by atoms with Crippen LogP contribution in [0.1, 0.15) is 22.8 Å². The summed E-state index contributed by atoms with van der Waals surface area (Å²) in [5, 5.41) is 2.74. The molecule has 1 aromatic carbocycles. The van der Waals surface area contributed by atoms with Gasteiger partial charge in [-0.15, -0.1) is 12.4 Å². The van der Waals surface area contributed by atoms with E-state index < -0.39 is 0 Å². The molecule has 0 heterocycles. The van der Waals surface area contributed by atoms with E-state index >= 15 is 0 Å². The summed E-state index contributed by atoms with van der Waals surface area (Å²) in [7, 11) is 0. The molecular formula is C12H19ClN2OS. The van der Waals surface area contributed by atoms with Crippen LogP contribution in [-0.2, 0) is 5.75 Å². The minimum Gasteiger partial charge on any atom is -0.351 e. The Morgan fingerprint density at radius 3 is 2.53 bits per heavy atom. The third-order valence-corrected chi connectivity index (χ3v) is 3.06. The van der Waals surface area contributed by atoms with Crippen molar-refractivity contribution in [3.8, 4) is 0 Å². The van der Waals surface area contributed by atoms with Crippen LogP contribution < -0.4 is 11.1 Å². The zero-order chi connectivity index (χ0) is 11.8. The molecule has 0 radical (unpaired) electrons. The third-order valence-electron chi connectivity index (χ3n) is 2.12. The molecule has 1 rings (SSSR count). The summed E-state index contributed by atoms with van der Waals surface area (Å²) >= 11 is 1.87.